The molecule has 3 rings (SSSR count). The second-order valence-corrected chi connectivity index (χ2v) is 6.31. The van der Waals surface area contributed by atoms with Crippen molar-refractivity contribution in [1.82, 2.24) is 20.0 Å². The first kappa shape index (κ1) is 15.5. The van der Waals surface area contributed by atoms with Crippen LogP contribution >= 0.6 is 0 Å². The predicted molar refractivity (Wildman–Crippen MR) is 79.7 cm³/mol. The Bertz CT molecular complexity index is 683. The molecule has 124 valence electrons. The number of aromatic nitrogens is 2. The van der Waals surface area contributed by atoms with Crippen LogP contribution in [-0.4, -0.2) is 57.2 Å². The minimum Gasteiger partial charge on any atom is -0.481 e. The fourth-order valence-corrected chi connectivity index (χ4v) is 3.51. The van der Waals surface area contributed by atoms with E-state index in [2.05, 4.69) is 10.4 Å². The summed E-state index contributed by atoms with van der Waals surface area (Å²) < 4.78 is 1.52. The Balaban J connectivity index is 1.85. The molecule has 0 spiro atoms. The first-order valence-corrected chi connectivity index (χ1v) is 7.72. The summed E-state index contributed by atoms with van der Waals surface area (Å²) in [5.74, 6) is -2.29. The molecule has 2 saturated heterocycles. The number of nitrogens with one attached hydrogen (secondary N) is 1. The van der Waals surface area contributed by atoms with Crippen molar-refractivity contribution >= 4 is 17.8 Å². The van der Waals surface area contributed by atoms with E-state index in [-0.39, 0.29) is 31.4 Å². The largest absolute Gasteiger partial charge is 0.481 e. The molecule has 0 radical (unpaired) electrons. The number of rotatable bonds is 4. The lowest BCUT2D eigenvalue weighted by Gasteiger charge is -2.21. The van der Waals surface area contributed by atoms with Gasteiger partial charge in [0.25, 0.3) is 5.91 Å². The highest BCUT2D eigenvalue weighted by molar-refractivity contribution is 5.97. The van der Waals surface area contributed by atoms with Gasteiger partial charge in [0.15, 0.2) is 0 Å². The van der Waals surface area contributed by atoms with Crippen molar-refractivity contribution in [3.05, 3.63) is 17.5 Å². The number of likely N-dealkylation sites (tertiary alicyclic amines) is 1. The van der Waals surface area contributed by atoms with E-state index in [4.69, 9.17) is 0 Å². The minimum absolute atomic E-state index is 0.0405. The van der Waals surface area contributed by atoms with Crippen molar-refractivity contribution in [2.24, 2.45) is 18.4 Å². The number of carboxylic acid groups (broad SMARTS) is 1. The molecule has 1 aromatic heterocycles. The molecule has 0 aliphatic carbocycles. The molecule has 2 aliphatic heterocycles. The molecular weight excluding hydrogens is 300 g/mol. The van der Waals surface area contributed by atoms with Crippen LogP contribution in [0.15, 0.2) is 6.07 Å². The average Bonchev–Trinajstić information content (AvgIpc) is 3.14. The van der Waals surface area contributed by atoms with E-state index in [1.807, 2.05) is 6.92 Å². The van der Waals surface area contributed by atoms with E-state index < -0.39 is 17.3 Å². The SMILES string of the molecule is CCCc1cc(C(=O)N2C[C@H]3C(=O)NC[C@@]3(C(=O)O)C2)n(C)n1. The summed E-state index contributed by atoms with van der Waals surface area (Å²) in [4.78, 5) is 37.8. The van der Waals surface area contributed by atoms with Crippen LogP contribution in [0, 0.1) is 11.3 Å². The average molecular weight is 320 g/mol. The van der Waals surface area contributed by atoms with Crippen LogP contribution in [0.25, 0.3) is 0 Å². The molecule has 2 aliphatic rings. The summed E-state index contributed by atoms with van der Waals surface area (Å²) in [5.41, 5.74) is 0.0511. The third kappa shape index (κ3) is 2.29. The van der Waals surface area contributed by atoms with E-state index in [0.29, 0.717) is 5.69 Å². The maximum Gasteiger partial charge on any atom is 0.314 e. The number of hydrogen-bond donors (Lipinski definition) is 2. The summed E-state index contributed by atoms with van der Waals surface area (Å²) >= 11 is 0. The van der Waals surface area contributed by atoms with Crippen LogP contribution in [0.4, 0.5) is 0 Å². The zero-order chi connectivity index (χ0) is 16.8. The van der Waals surface area contributed by atoms with Crippen molar-refractivity contribution in [3.8, 4) is 0 Å². The first-order chi connectivity index (χ1) is 10.9. The normalized spacial score (nSPS) is 26.3. The first-order valence-electron chi connectivity index (χ1n) is 7.72. The molecule has 0 unspecified atom stereocenters. The van der Waals surface area contributed by atoms with E-state index in [1.165, 1.54) is 9.58 Å². The zero-order valence-corrected chi connectivity index (χ0v) is 13.2. The van der Waals surface area contributed by atoms with E-state index in [1.54, 1.807) is 13.1 Å². The molecule has 0 bridgehead atoms. The summed E-state index contributed by atoms with van der Waals surface area (Å²) in [7, 11) is 1.70. The summed E-state index contributed by atoms with van der Waals surface area (Å²) in [6.45, 7) is 2.28. The van der Waals surface area contributed by atoms with Gasteiger partial charge in [0.05, 0.1) is 11.6 Å². The third-order valence-electron chi connectivity index (χ3n) is 4.81. The highest BCUT2D eigenvalue weighted by atomic mass is 16.4. The Morgan fingerprint density at radius 3 is 2.87 bits per heavy atom. The Morgan fingerprint density at radius 2 is 2.26 bits per heavy atom. The number of aliphatic carboxylic acids is 1. The van der Waals surface area contributed by atoms with Crippen LogP contribution in [-0.2, 0) is 23.1 Å². The Morgan fingerprint density at radius 1 is 1.52 bits per heavy atom. The maximum absolute atomic E-state index is 12.7. The molecule has 8 heteroatoms. The standard InChI is InChI=1S/C15H20N4O4/c1-3-4-9-5-11(18(2)17-9)13(21)19-6-10-12(20)16-7-15(10,8-19)14(22)23/h5,10H,3-4,6-8H2,1-2H3,(H,16,20)(H,22,23)/t10-,15+/m0/s1. The Hall–Kier alpha value is -2.38. The van der Waals surface area contributed by atoms with Gasteiger partial charge in [0.2, 0.25) is 5.91 Å². The number of carbonyl (C=O) groups excluding carboxylic acids is 2. The summed E-state index contributed by atoms with van der Waals surface area (Å²) in [6.07, 6.45) is 1.71. The van der Waals surface area contributed by atoms with Gasteiger partial charge in [-0.25, -0.2) is 0 Å². The molecular formula is C15H20N4O4. The number of amides is 2. The maximum atomic E-state index is 12.7. The van der Waals surface area contributed by atoms with Crippen LogP contribution in [0.2, 0.25) is 0 Å². The smallest absolute Gasteiger partial charge is 0.314 e. The van der Waals surface area contributed by atoms with Crippen molar-refractivity contribution < 1.29 is 19.5 Å². The van der Waals surface area contributed by atoms with Gasteiger partial charge in [-0.3, -0.25) is 19.1 Å². The molecule has 3 heterocycles. The number of hydrogen-bond acceptors (Lipinski definition) is 4. The third-order valence-corrected chi connectivity index (χ3v) is 4.81. The van der Waals surface area contributed by atoms with Crippen molar-refractivity contribution in [1.29, 1.82) is 0 Å². The van der Waals surface area contributed by atoms with Gasteiger partial charge in [-0.05, 0) is 12.5 Å². The number of aryl methyl sites for hydroxylation is 2. The quantitative estimate of drug-likeness (QED) is 0.789. The van der Waals surface area contributed by atoms with E-state index in [9.17, 15) is 19.5 Å². The fourth-order valence-electron chi connectivity index (χ4n) is 3.51. The van der Waals surface area contributed by atoms with Crippen molar-refractivity contribution in [2.75, 3.05) is 19.6 Å². The molecule has 2 N–H and O–H groups in total. The van der Waals surface area contributed by atoms with Gasteiger partial charge in [0, 0.05) is 26.7 Å². The zero-order valence-electron chi connectivity index (χ0n) is 13.2. The van der Waals surface area contributed by atoms with Gasteiger partial charge in [-0.1, -0.05) is 13.3 Å². The molecule has 0 aromatic carbocycles. The number of carboxylic acids is 1. The molecule has 23 heavy (non-hydrogen) atoms. The number of fused-ring (bicyclic) bond motifs is 1. The predicted octanol–water partition coefficient (Wildman–Crippen LogP) is -0.355. The second-order valence-electron chi connectivity index (χ2n) is 6.31. The molecule has 2 atom stereocenters. The number of nitrogens with zero attached hydrogens (tertiary/aromatic N) is 3. The lowest BCUT2D eigenvalue weighted by Crippen LogP contribution is -2.41. The Kier molecular flexibility index (Phi) is 3.62. The monoisotopic (exact) mass is 320 g/mol. The molecule has 2 fully saturated rings. The van der Waals surface area contributed by atoms with Gasteiger partial charge < -0.3 is 15.3 Å². The lowest BCUT2D eigenvalue weighted by molar-refractivity contribution is -0.149. The van der Waals surface area contributed by atoms with Crippen LogP contribution in [0.5, 0.6) is 0 Å². The van der Waals surface area contributed by atoms with Gasteiger partial charge in [-0.15, -0.1) is 0 Å². The molecule has 8 nitrogen and oxygen atoms in total. The van der Waals surface area contributed by atoms with Crippen LogP contribution in [0.3, 0.4) is 0 Å². The van der Waals surface area contributed by atoms with E-state index in [0.717, 1.165) is 18.5 Å². The molecule has 1 aromatic rings. The molecule has 0 saturated carbocycles. The van der Waals surface area contributed by atoms with Crippen molar-refractivity contribution in [3.63, 3.8) is 0 Å². The van der Waals surface area contributed by atoms with Crippen LogP contribution in [0.1, 0.15) is 29.5 Å². The lowest BCUT2D eigenvalue weighted by atomic mass is 9.81. The fraction of sp³-hybridized carbons (Fsp3) is 0.600. The van der Waals surface area contributed by atoms with Gasteiger partial charge in [-0.2, -0.15) is 5.10 Å². The van der Waals surface area contributed by atoms with Crippen molar-refractivity contribution in [2.45, 2.75) is 19.8 Å². The Labute approximate surface area is 133 Å². The summed E-state index contributed by atoms with van der Waals surface area (Å²) in [6, 6.07) is 1.74. The second kappa shape index (κ2) is 5.36. The van der Waals surface area contributed by atoms with Crippen LogP contribution < -0.4 is 5.32 Å². The van der Waals surface area contributed by atoms with Gasteiger partial charge >= 0.3 is 5.97 Å². The molecule has 2 amide bonds. The topological polar surface area (TPSA) is 105 Å². The van der Waals surface area contributed by atoms with E-state index >= 15 is 0 Å². The number of carbonyl (C=O) groups is 3. The highest BCUT2D eigenvalue weighted by Crippen LogP contribution is 2.40. The summed E-state index contributed by atoms with van der Waals surface area (Å²) in [5, 5.41) is 16.4. The minimum atomic E-state index is -1.21. The van der Waals surface area contributed by atoms with Gasteiger partial charge in [0.1, 0.15) is 11.1 Å². The highest BCUT2D eigenvalue weighted by Gasteiger charge is 2.60.